The van der Waals surface area contributed by atoms with Crippen molar-refractivity contribution in [2.24, 2.45) is 17.3 Å². The average Bonchev–Trinajstić information content (AvgIpc) is 3.41. The minimum atomic E-state index is 0. The fraction of sp³-hybridized carbons (Fsp3) is 0.405. The largest absolute Gasteiger partial charge is 0.512 e. The number of fused-ring (bicyclic) bond motifs is 5. The first-order valence-electron chi connectivity index (χ1n) is 17.0. The number of ketones is 1. The summed E-state index contributed by atoms with van der Waals surface area (Å²) < 4.78 is 2.28. The van der Waals surface area contributed by atoms with Gasteiger partial charge in [-0.05, 0) is 53.9 Å². The smallest absolute Gasteiger partial charge is 0.162 e. The van der Waals surface area contributed by atoms with Crippen molar-refractivity contribution >= 4 is 48.1 Å². The van der Waals surface area contributed by atoms with Gasteiger partial charge in [-0.15, -0.1) is 46.2 Å². The van der Waals surface area contributed by atoms with E-state index in [1.165, 1.54) is 32.7 Å². The summed E-state index contributed by atoms with van der Waals surface area (Å²) in [5.41, 5.74) is 6.41. The zero-order valence-corrected chi connectivity index (χ0v) is 33.1. The van der Waals surface area contributed by atoms with Gasteiger partial charge in [0.2, 0.25) is 0 Å². The van der Waals surface area contributed by atoms with Gasteiger partial charge in [0.15, 0.2) is 5.78 Å². The van der Waals surface area contributed by atoms with Gasteiger partial charge in [-0.1, -0.05) is 92.6 Å². The molecule has 0 saturated carbocycles. The predicted molar refractivity (Wildman–Crippen MR) is 200 cm³/mol. The fourth-order valence-corrected chi connectivity index (χ4v) is 7.78. The number of aliphatic hydroxyl groups is 1. The molecule has 2 aromatic heterocycles. The van der Waals surface area contributed by atoms with Crippen molar-refractivity contribution in [3.8, 4) is 17.3 Å². The molecule has 5 rings (SSSR count). The molecule has 0 amide bonds. The first-order chi connectivity index (χ1) is 22.3. The molecule has 3 aromatic carbocycles. The Kier molecular flexibility index (Phi) is 13.7. The van der Waals surface area contributed by atoms with Gasteiger partial charge < -0.3 is 10.1 Å². The minimum absolute atomic E-state index is 0. The van der Waals surface area contributed by atoms with Gasteiger partial charge in [-0.2, -0.15) is 5.26 Å². The molecule has 1 radical (unpaired) electrons. The van der Waals surface area contributed by atoms with E-state index in [1.807, 2.05) is 27.7 Å². The van der Waals surface area contributed by atoms with Crippen molar-refractivity contribution in [3.05, 3.63) is 88.8 Å². The molecule has 0 aliphatic carbocycles. The third kappa shape index (κ3) is 9.00. The molecule has 255 valence electrons. The quantitative estimate of drug-likeness (QED) is 0.0912. The molecule has 0 aliphatic rings. The average molecular weight is 838 g/mol. The number of nitrogens with zero attached hydrogens (tertiary/aromatic N) is 2. The van der Waals surface area contributed by atoms with Gasteiger partial charge >= 0.3 is 0 Å². The number of thiophene rings is 1. The Labute approximate surface area is 304 Å². The van der Waals surface area contributed by atoms with Crippen LogP contribution in [0.4, 0.5) is 0 Å². The Bertz CT molecular complexity index is 1950. The summed E-state index contributed by atoms with van der Waals surface area (Å²) in [5, 5.41) is 24.2. The van der Waals surface area contributed by atoms with Crippen LogP contribution < -0.4 is 0 Å². The molecule has 48 heavy (non-hydrogen) atoms. The van der Waals surface area contributed by atoms with Crippen molar-refractivity contribution in [2.75, 3.05) is 0 Å². The van der Waals surface area contributed by atoms with Gasteiger partial charge in [-0.25, -0.2) is 0 Å². The van der Waals surface area contributed by atoms with Crippen LogP contribution in [0, 0.1) is 48.5 Å². The van der Waals surface area contributed by atoms with Crippen LogP contribution in [-0.2, 0) is 31.3 Å². The Morgan fingerprint density at radius 3 is 2.19 bits per heavy atom. The maximum atomic E-state index is 11.7. The molecular weight excluding hydrogens is 789 g/mol. The maximum absolute atomic E-state index is 11.7. The second-order valence-corrected chi connectivity index (χ2v) is 14.9. The van der Waals surface area contributed by atoms with Crippen LogP contribution in [-0.4, -0.2) is 15.9 Å². The van der Waals surface area contributed by atoms with Crippen molar-refractivity contribution in [1.82, 2.24) is 4.98 Å². The van der Waals surface area contributed by atoms with E-state index in [0.717, 1.165) is 64.4 Å². The van der Waals surface area contributed by atoms with Crippen molar-refractivity contribution in [1.29, 1.82) is 5.26 Å². The molecule has 0 aliphatic heterocycles. The Hall–Kier alpha value is -3.36. The Morgan fingerprint density at radius 1 is 0.958 bits per heavy atom. The van der Waals surface area contributed by atoms with Gasteiger partial charge in [0.05, 0.1) is 11.3 Å². The summed E-state index contributed by atoms with van der Waals surface area (Å²) in [6.45, 7) is 19.0. The van der Waals surface area contributed by atoms with Crippen LogP contribution in [0.3, 0.4) is 0 Å². The summed E-state index contributed by atoms with van der Waals surface area (Å²) in [5.74, 6) is 0.547. The SMILES string of the molecule is CCC(CC)C(=O)/C=C(\O)C(CC)CC.Cc1[c-]c(-c2ncc(C#N)c3c2sc2c4ccc(CC(C)(C)C)cc4ccc23)cc(C)c1.[Ir]. The Balaban J connectivity index is 0.000000334. The van der Waals surface area contributed by atoms with Crippen molar-refractivity contribution in [3.63, 3.8) is 0 Å². The minimum Gasteiger partial charge on any atom is -0.512 e. The van der Waals surface area contributed by atoms with Crippen LogP contribution in [0.25, 0.3) is 42.2 Å². The molecule has 5 aromatic rings. The van der Waals surface area contributed by atoms with Crippen LogP contribution in [0.15, 0.2) is 60.5 Å². The zero-order chi connectivity index (χ0) is 34.5. The third-order valence-electron chi connectivity index (χ3n) is 8.88. The molecule has 2 heterocycles. The fourth-order valence-electron chi connectivity index (χ4n) is 6.42. The van der Waals surface area contributed by atoms with E-state index in [2.05, 4.69) is 89.2 Å². The van der Waals surface area contributed by atoms with Gasteiger partial charge in [0, 0.05) is 70.1 Å². The number of hydrogen-bond acceptors (Lipinski definition) is 5. The molecular formula is C42H49IrN2O2S-. The summed E-state index contributed by atoms with van der Waals surface area (Å²) in [4.78, 5) is 16.4. The summed E-state index contributed by atoms with van der Waals surface area (Å²) in [6.07, 6.45) is 7.66. The van der Waals surface area contributed by atoms with E-state index in [1.54, 1.807) is 17.5 Å². The molecule has 4 nitrogen and oxygen atoms in total. The van der Waals surface area contributed by atoms with Gasteiger partial charge in [0.1, 0.15) is 6.07 Å². The predicted octanol–water partition coefficient (Wildman–Crippen LogP) is 12.0. The number of aromatic nitrogens is 1. The zero-order valence-electron chi connectivity index (χ0n) is 29.9. The topological polar surface area (TPSA) is 74.0 Å². The van der Waals surface area contributed by atoms with Crippen LogP contribution in [0.1, 0.15) is 96.4 Å². The number of hydrogen-bond donors (Lipinski definition) is 1. The van der Waals surface area contributed by atoms with Crippen LogP contribution in [0.5, 0.6) is 0 Å². The second-order valence-electron chi connectivity index (χ2n) is 13.9. The van der Waals surface area contributed by atoms with E-state index < -0.39 is 0 Å². The van der Waals surface area contributed by atoms with E-state index in [9.17, 15) is 15.2 Å². The van der Waals surface area contributed by atoms with E-state index >= 15 is 0 Å². The standard InChI is InChI=1S/C29H25N2S.C13H24O2.Ir/c1-17-10-18(2)12-21(11-17)26-28-25(22(15-30)16-31-26)24-9-7-20-13-19(14-29(3,4)5)6-8-23(20)27(24)32-28;1-5-10(6-2)12(14)9-13(15)11(7-3)8-4;/h6-11,13,16H,14H2,1-5H3;9-11,14H,5-8H2,1-4H3;/q-1;;/b;12-9-;. The molecule has 0 atom stereocenters. The number of allylic oxidation sites excluding steroid dienone is 2. The number of nitriles is 1. The molecule has 0 fully saturated rings. The number of aliphatic hydroxyl groups excluding tert-OH is 1. The van der Waals surface area contributed by atoms with Gasteiger partial charge in [-0.3, -0.25) is 4.79 Å². The normalized spacial score (nSPS) is 11.9. The van der Waals surface area contributed by atoms with Crippen molar-refractivity contribution in [2.45, 2.75) is 94.4 Å². The first-order valence-corrected chi connectivity index (χ1v) is 17.8. The van der Waals surface area contributed by atoms with E-state index in [4.69, 9.17) is 4.98 Å². The number of benzene rings is 3. The molecule has 0 bridgehead atoms. The molecule has 0 spiro atoms. The summed E-state index contributed by atoms with van der Waals surface area (Å²) in [7, 11) is 0. The van der Waals surface area contributed by atoms with Crippen molar-refractivity contribution < 1.29 is 30.0 Å². The Morgan fingerprint density at radius 2 is 1.60 bits per heavy atom. The first kappa shape index (κ1) is 39.1. The summed E-state index contributed by atoms with van der Waals surface area (Å²) >= 11 is 1.74. The number of carbonyl (C=O) groups excluding carboxylic acids is 1. The molecule has 0 unspecified atom stereocenters. The summed E-state index contributed by atoms with van der Waals surface area (Å²) in [6, 6.07) is 21.3. The van der Waals surface area contributed by atoms with E-state index in [-0.39, 0.29) is 48.9 Å². The number of aryl methyl sites for hydroxylation is 2. The second kappa shape index (κ2) is 16.8. The van der Waals surface area contributed by atoms with E-state index in [0.29, 0.717) is 5.56 Å². The maximum Gasteiger partial charge on any atom is 0.162 e. The number of rotatable bonds is 9. The molecule has 6 heteroatoms. The van der Waals surface area contributed by atoms with Gasteiger partial charge in [0.25, 0.3) is 0 Å². The molecule has 1 N–H and O–H groups in total. The van der Waals surface area contributed by atoms with Crippen LogP contribution in [0.2, 0.25) is 0 Å². The number of pyridine rings is 1. The third-order valence-corrected chi connectivity index (χ3v) is 10.1. The van der Waals surface area contributed by atoms with Crippen LogP contribution >= 0.6 is 11.3 Å². The number of carbonyl (C=O) groups is 1. The molecule has 0 saturated heterocycles. The monoisotopic (exact) mass is 838 g/mol.